The second-order valence-electron chi connectivity index (χ2n) is 4.44. The molecule has 4 heteroatoms. The zero-order valence-electron chi connectivity index (χ0n) is 11.4. The number of nitrogens with zero attached hydrogens (tertiary/aromatic N) is 2. The third kappa shape index (κ3) is 2.67. The number of nitriles is 1. The number of aromatic nitrogens is 1. The fourth-order valence-corrected chi connectivity index (χ4v) is 1.84. The van der Waals surface area contributed by atoms with Gasteiger partial charge in [0.15, 0.2) is 0 Å². The zero-order chi connectivity index (χ0) is 13.8. The molecule has 1 heterocycles. The SMILES string of the molecule is CCC(C#N)(CC)C(=O)Nc1ccc(C)nc1C. The van der Waals surface area contributed by atoms with Gasteiger partial charge < -0.3 is 5.32 Å². The maximum absolute atomic E-state index is 12.2. The van der Waals surface area contributed by atoms with Crippen molar-refractivity contribution in [2.24, 2.45) is 5.41 Å². The Kier molecular flexibility index (Phi) is 4.43. The number of hydrogen-bond donors (Lipinski definition) is 1. The van der Waals surface area contributed by atoms with E-state index in [9.17, 15) is 10.1 Å². The van der Waals surface area contributed by atoms with Gasteiger partial charge in [-0.05, 0) is 38.8 Å². The molecule has 0 fully saturated rings. The van der Waals surface area contributed by atoms with Gasteiger partial charge in [0, 0.05) is 5.69 Å². The van der Waals surface area contributed by atoms with Gasteiger partial charge in [0.2, 0.25) is 5.91 Å². The first kappa shape index (κ1) is 14.2. The van der Waals surface area contributed by atoms with Crippen molar-refractivity contribution >= 4 is 11.6 Å². The lowest BCUT2D eigenvalue weighted by Crippen LogP contribution is -2.34. The summed E-state index contributed by atoms with van der Waals surface area (Å²) in [5.41, 5.74) is 1.40. The first-order valence-electron chi connectivity index (χ1n) is 6.16. The molecule has 1 N–H and O–H groups in total. The van der Waals surface area contributed by atoms with E-state index < -0.39 is 5.41 Å². The minimum Gasteiger partial charge on any atom is -0.323 e. The standard InChI is InChI=1S/C14H19N3O/c1-5-14(6-2,9-15)13(18)17-12-8-7-10(3)16-11(12)4/h7-8H,5-6H2,1-4H3,(H,17,18). The van der Waals surface area contributed by atoms with Gasteiger partial charge in [-0.2, -0.15) is 5.26 Å². The van der Waals surface area contributed by atoms with Gasteiger partial charge in [0.05, 0.1) is 17.5 Å². The van der Waals surface area contributed by atoms with Crippen LogP contribution in [0.25, 0.3) is 0 Å². The molecule has 0 unspecified atom stereocenters. The van der Waals surface area contributed by atoms with Crippen molar-refractivity contribution < 1.29 is 4.79 Å². The molecule has 0 aliphatic carbocycles. The summed E-state index contributed by atoms with van der Waals surface area (Å²) in [4.78, 5) is 16.5. The van der Waals surface area contributed by atoms with E-state index in [0.29, 0.717) is 18.5 Å². The first-order valence-corrected chi connectivity index (χ1v) is 6.16. The fourth-order valence-electron chi connectivity index (χ4n) is 1.84. The predicted molar refractivity (Wildman–Crippen MR) is 71.0 cm³/mol. The van der Waals surface area contributed by atoms with Crippen LogP contribution in [-0.2, 0) is 4.79 Å². The molecule has 0 aliphatic rings. The molecule has 0 saturated heterocycles. The van der Waals surface area contributed by atoms with E-state index in [0.717, 1.165) is 11.4 Å². The third-order valence-corrected chi connectivity index (χ3v) is 3.33. The summed E-state index contributed by atoms with van der Waals surface area (Å²) < 4.78 is 0. The Morgan fingerprint density at radius 1 is 1.39 bits per heavy atom. The molecule has 0 bridgehead atoms. The van der Waals surface area contributed by atoms with E-state index >= 15 is 0 Å². The maximum Gasteiger partial charge on any atom is 0.244 e. The average Bonchev–Trinajstić information content (AvgIpc) is 2.36. The Hall–Kier alpha value is -1.89. The molecule has 0 aliphatic heterocycles. The van der Waals surface area contributed by atoms with Crippen LogP contribution >= 0.6 is 0 Å². The minimum atomic E-state index is -0.947. The van der Waals surface area contributed by atoms with Gasteiger partial charge in [0.25, 0.3) is 0 Å². The molecule has 4 nitrogen and oxygen atoms in total. The Bertz CT molecular complexity index is 484. The van der Waals surface area contributed by atoms with Crippen molar-refractivity contribution in [2.75, 3.05) is 5.32 Å². The highest BCUT2D eigenvalue weighted by molar-refractivity contribution is 5.97. The second kappa shape index (κ2) is 5.63. The van der Waals surface area contributed by atoms with Crippen LogP contribution in [0.1, 0.15) is 38.1 Å². The van der Waals surface area contributed by atoms with Gasteiger partial charge in [0.1, 0.15) is 5.41 Å². The summed E-state index contributed by atoms with van der Waals surface area (Å²) in [7, 11) is 0. The molecule has 0 saturated carbocycles. The fraction of sp³-hybridized carbons (Fsp3) is 0.500. The molecule has 1 amide bonds. The minimum absolute atomic E-state index is 0.247. The van der Waals surface area contributed by atoms with E-state index in [1.807, 2.05) is 39.8 Å². The molecule has 96 valence electrons. The highest BCUT2D eigenvalue weighted by Gasteiger charge is 2.35. The second-order valence-corrected chi connectivity index (χ2v) is 4.44. The van der Waals surface area contributed by atoms with Crippen molar-refractivity contribution in [3.8, 4) is 6.07 Å². The molecular weight excluding hydrogens is 226 g/mol. The predicted octanol–water partition coefficient (Wildman–Crippen LogP) is 2.97. The first-order chi connectivity index (χ1) is 8.49. The number of aryl methyl sites for hydroxylation is 2. The molecule has 0 aromatic carbocycles. The Balaban J connectivity index is 2.97. The lowest BCUT2D eigenvalue weighted by Gasteiger charge is -2.22. The summed E-state index contributed by atoms with van der Waals surface area (Å²) in [6.07, 6.45) is 1.01. The smallest absolute Gasteiger partial charge is 0.244 e. The lowest BCUT2D eigenvalue weighted by molar-refractivity contribution is -0.123. The summed E-state index contributed by atoms with van der Waals surface area (Å²) in [5.74, 6) is -0.247. The van der Waals surface area contributed by atoms with Crippen LogP contribution in [0.3, 0.4) is 0 Å². The summed E-state index contributed by atoms with van der Waals surface area (Å²) in [6.45, 7) is 7.45. The third-order valence-electron chi connectivity index (χ3n) is 3.33. The van der Waals surface area contributed by atoms with Crippen LogP contribution < -0.4 is 5.32 Å². The van der Waals surface area contributed by atoms with Gasteiger partial charge in [-0.25, -0.2) is 0 Å². The normalized spacial score (nSPS) is 10.8. The van der Waals surface area contributed by atoms with Gasteiger partial charge in [-0.15, -0.1) is 0 Å². The van der Waals surface area contributed by atoms with Crippen molar-refractivity contribution in [1.29, 1.82) is 5.26 Å². The van der Waals surface area contributed by atoms with Crippen LogP contribution in [0.15, 0.2) is 12.1 Å². The molecule has 0 atom stereocenters. The average molecular weight is 245 g/mol. The van der Waals surface area contributed by atoms with E-state index in [4.69, 9.17) is 0 Å². The van der Waals surface area contributed by atoms with E-state index in [1.165, 1.54) is 0 Å². The molecule has 0 radical (unpaired) electrons. The van der Waals surface area contributed by atoms with E-state index in [2.05, 4.69) is 16.4 Å². The van der Waals surface area contributed by atoms with E-state index in [-0.39, 0.29) is 5.91 Å². The van der Waals surface area contributed by atoms with Gasteiger partial charge >= 0.3 is 0 Å². The largest absolute Gasteiger partial charge is 0.323 e. The van der Waals surface area contributed by atoms with Crippen LogP contribution in [-0.4, -0.2) is 10.9 Å². The number of rotatable bonds is 4. The molecule has 1 rings (SSSR count). The summed E-state index contributed by atoms with van der Waals surface area (Å²) in [6, 6.07) is 5.80. The van der Waals surface area contributed by atoms with Crippen LogP contribution in [0.2, 0.25) is 0 Å². The Morgan fingerprint density at radius 2 is 2.00 bits per heavy atom. The number of pyridine rings is 1. The van der Waals surface area contributed by atoms with Crippen molar-refractivity contribution in [3.63, 3.8) is 0 Å². The van der Waals surface area contributed by atoms with Crippen molar-refractivity contribution in [3.05, 3.63) is 23.5 Å². The quantitative estimate of drug-likeness (QED) is 0.886. The number of hydrogen-bond acceptors (Lipinski definition) is 3. The van der Waals surface area contributed by atoms with Crippen LogP contribution in [0.4, 0.5) is 5.69 Å². The summed E-state index contributed by atoms with van der Waals surface area (Å²) >= 11 is 0. The number of nitrogens with one attached hydrogen (secondary N) is 1. The molecular formula is C14H19N3O. The van der Waals surface area contributed by atoms with Crippen molar-refractivity contribution in [2.45, 2.75) is 40.5 Å². The monoisotopic (exact) mass is 245 g/mol. The Labute approximate surface area is 108 Å². The van der Waals surface area contributed by atoms with Gasteiger partial charge in [-0.1, -0.05) is 13.8 Å². The molecule has 0 spiro atoms. The highest BCUT2D eigenvalue weighted by atomic mass is 16.2. The van der Waals surface area contributed by atoms with Crippen LogP contribution in [0, 0.1) is 30.6 Å². The number of anilines is 1. The maximum atomic E-state index is 12.2. The zero-order valence-corrected chi connectivity index (χ0v) is 11.4. The lowest BCUT2D eigenvalue weighted by atomic mass is 9.83. The number of amides is 1. The van der Waals surface area contributed by atoms with Gasteiger partial charge in [-0.3, -0.25) is 9.78 Å². The number of carbonyl (C=O) groups is 1. The molecule has 18 heavy (non-hydrogen) atoms. The Morgan fingerprint density at radius 3 is 2.44 bits per heavy atom. The topological polar surface area (TPSA) is 65.8 Å². The van der Waals surface area contributed by atoms with E-state index in [1.54, 1.807) is 0 Å². The van der Waals surface area contributed by atoms with Crippen molar-refractivity contribution in [1.82, 2.24) is 4.98 Å². The molecule has 1 aromatic heterocycles. The number of carbonyl (C=O) groups excluding carboxylic acids is 1. The highest BCUT2D eigenvalue weighted by Crippen LogP contribution is 2.27. The van der Waals surface area contributed by atoms with Crippen LogP contribution in [0.5, 0.6) is 0 Å². The summed E-state index contributed by atoms with van der Waals surface area (Å²) in [5, 5.41) is 12.0. The molecule has 1 aromatic rings.